The molecule has 0 N–H and O–H groups in total. The fourth-order valence-corrected chi connectivity index (χ4v) is 3.56. The summed E-state index contributed by atoms with van der Waals surface area (Å²) < 4.78 is 24.5. The van der Waals surface area contributed by atoms with Crippen LogP contribution in [0.1, 0.15) is 37.6 Å². The minimum atomic E-state index is -4.06. The van der Waals surface area contributed by atoms with E-state index in [0.717, 1.165) is 13.8 Å². The van der Waals surface area contributed by atoms with Crippen molar-refractivity contribution in [3.8, 4) is 0 Å². The molecular weight excluding hydrogens is 280 g/mol. The molecule has 0 amide bonds. The lowest BCUT2D eigenvalue weighted by atomic mass is 10.1. The SMILES string of the molecule is CCC(=O)c1ccc(S(=O)(=O)C(C(C)=O)C(C)=O)cc1. The van der Waals surface area contributed by atoms with E-state index in [-0.39, 0.29) is 10.7 Å². The Morgan fingerprint density at radius 3 is 1.80 bits per heavy atom. The summed E-state index contributed by atoms with van der Waals surface area (Å²) in [6, 6.07) is 5.26. The van der Waals surface area contributed by atoms with Crippen LogP contribution in [0.4, 0.5) is 0 Å². The molecule has 0 aliphatic rings. The first-order valence-corrected chi connectivity index (χ1v) is 7.64. The fraction of sp³-hybridized carbons (Fsp3) is 0.357. The molecule has 1 rings (SSSR count). The highest BCUT2D eigenvalue weighted by Crippen LogP contribution is 2.19. The monoisotopic (exact) mass is 296 g/mol. The summed E-state index contributed by atoms with van der Waals surface area (Å²) in [5.41, 5.74) is 0.397. The van der Waals surface area contributed by atoms with E-state index in [9.17, 15) is 22.8 Å². The zero-order chi connectivity index (χ0) is 15.5. The number of benzene rings is 1. The Hall–Kier alpha value is -1.82. The number of Topliss-reactive ketones (excluding diaryl/α,β-unsaturated/α-hetero) is 3. The van der Waals surface area contributed by atoms with Gasteiger partial charge in [-0.25, -0.2) is 8.42 Å². The average molecular weight is 296 g/mol. The van der Waals surface area contributed by atoms with Crippen molar-refractivity contribution in [3.63, 3.8) is 0 Å². The molecule has 0 atom stereocenters. The smallest absolute Gasteiger partial charge is 0.195 e. The van der Waals surface area contributed by atoms with Gasteiger partial charge in [0.25, 0.3) is 0 Å². The second-order valence-electron chi connectivity index (χ2n) is 4.45. The first-order chi connectivity index (χ1) is 9.21. The lowest BCUT2D eigenvalue weighted by molar-refractivity contribution is -0.124. The van der Waals surface area contributed by atoms with E-state index in [1.54, 1.807) is 6.92 Å². The Morgan fingerprint density at radius 2 is 1.45 bits per heavy atom. The second-order valence-corrected chi connectivity index (χ2v) is 6.48. The molecule has 0 saturated carbocycles. The third kappa shape index (κ3) is 3.19. The van der Waals surface area contributed by atoms with E-state index < -0.39 is 26.7 Å². The number of hydrogen-bond acceptors (Lipinski definition) is 5. The van der Waals surface area contributed by atoms with Crippen molar-refractivity contribution < 1.29 is 22.8 Å². The maximum absolute atomic E-state index is 12.2. The summed E-state index contributed by atoms with van der Waals surface area (Å²) in [6.07, 6.45) is 0.315. The highest BCUT2D eigenvalue weighted by atomic mass is 32.2. The summed E-state index contributed by atoms with van der Waals surface area (Å²) in [4.78, 5) is 34.1. The summed E-state index contributed by atoms with van der Waals surface area (Å²) in [6.45, 7) is 3.84. The zero-order valence-electron chi connectivity index (χ0n) is 11.5. The molecule has 20 heavy (non-hydrogen) atoms. The molecule has 0 radical (unpaired) electrons. The highest BCUT2D eigenvalue weighted by molar-refractivity contribution is 7.93. The molecule has 108 valence electrons. The van der Waals surface area contributed by atoms with Crippen LogP contribution in [0.5, 0.6) is 0 Å². The molecule has 0 unspecified atom stereocenters. The number of carbonyl (C=O) groups excluding carboxylic acids is 3. The predicted molar refractivity (Wildman–Crippen MR) is 73.4 cm³/mol. The first kappa shape index (κ1) is 16.2. The molecule has 1 aromatic rings. The second kappa shape index (κ2) is 6.09. The molecule has 0 fully saturated rings. The number of hydrogen-bond donors (Lipinski definition) is 0. The Labute approximate surface area is 117 Å². The normalized spacial score (nSPS) is 11.4. The molecule has 0 aliphatic carbocycles. The van der Waals surface area contributed by atoms with Gasteiger partial charge in [0.05, 0.1) is 4.90 Å². The van der Waals surface area contributed by atoms with Crippen LogP contribution in [0.25, 0.3) is 0 Å². The van der Waals surface area contributed by atoms with Crippen molar-refractivity contribution in [1.29, 1.82) is 0 Å². The van der Waals surface area contributed by atoms with Gasteiger partial charge in [0.2, 0.25) is 0 Å². The number of sulfone groups is 1. The van der Waals surface area contributed by atoms with E-state index in [4.69, 9.17) is 0 Å². The van der Waals surface area contributed by atoms with E-state index in [1.807, 2.05) is 0 Å². The van der Waals surface area contributed by atoms with Gasteiger partial charge in [-0.2, -0.15) is 0 Å². The molecule has 0 bridgehead atoms. The van der Waals surface area contributed by atoms with Crippen molar-refractivity contribution in [2.75, 3.05) is 0 Å². The quantitative estimate of drug-likeness (QED) is 0.588. The van der Waals surface area contributed by atoms with Gasteiger partial charge in [-0.15, -0.1) is 0 Å². The highest BCUT2D eigenvalue weighted by Gasteiger charge is 2.35. The van der Waals surface area contributed by atoms with Gasteiger partial charge in [0.1, 0.15) is 0 Å². The lowest BCUT2D eigenvalue weighted by Crippen LogP contribution is -2.35. The van der Waals surface area contributed by atoms with E-state index in [2.05, 4.69) is 0 Å². The summed E-state index contributed by atoms with van der Waals surface area (Å²) in [5, 5.41) is -1.68. The van der Waals surface area contributed by atoms with Gasteiger partial charge in [-0.05, 0) is 26.0 Å². The minimum Gasteiger partial charge on any atom is -0.298 e. The van der Waals surface area contributed by atoms with Crippen LogP contribution in [0.15, 0.2) is 29.2 Å². The molecule has 0 saturated heterocycles. The van der Waals surface area contributed by atoms with Crippen LogP contribution in [-0.4, -0.2) is 31.0 Å². The van der Waals surface area contributed by atoms with Gasteiger partial charge in [0.15, 0.2) is 32.4 Å². The molecule has 0 aliphatic heterocycles. The molecule has 6 heteroatoms. The van der Waals surface area contributed by atoms with E-state index in [1.165, 1.54) is 24.3 Å². The average Bonchev–Trinajstić information content (AvgIpc) is 2.36. The van der Waals surface area contributed by atoms with Crippen molar-refractivity contribution in [1.82, 2.24) is 0 Å². The van der Waals surface area contributed by atoms with Gasteiger partial charge >= 0.3 is 0 Å². The minimum absolute atomic E-state index is 0.108. The largest absolute Gasteiger partial charge is 0.298 e. The van der Waals surface area contributed by atoms with Crippen LogP contribution in [0.3, 0.4) is 0 Å². The first-order valence-electron chi connectivity index (χ1n) is 6.09. The summed E-state index contributed by atoms with van der Waals surface area (Å²) in [7, 11) is -4.06. The summed E-state index contributed by atoms with van der Waals surface area (Å²) >= 11 is 0. The molecule has 0 spiro atoms. The van der Waals surface area contributed by atoms with Gasteiger partial charge in [0, 0.05) is 12.0 Å². The maximum Gasteiger partial charge on any atom is 0.195 e. The number of rotatable bonds is 6. The van der Waals surface area contributed by atoms with E-state index >= 15 is 0 Å². The topological polar surface area (TPSA) is 85.3 Å². The zero-order valence-corrected chi connectivity index (χ0v) is 12.4. The molecule has 0 heterocycles. The van der Waals surface area contributed by atoms with Gasteiger partial charge in [-0.1, -0.05) is 19.1 Å². The molecular formula is C14H16O5S. The predicted octanol–water partition coefficient (Wildman–Crippen LogP) is 1.60. The number of ketones is 3. The van der Waals surface area contributed by atoms with Crippen LogP contribution < -0.4 is 0 Å². The van der Waals surface area contributed by atoms with Gasteiger partial charge < -0.3 is 0 Å². The van der Waals surface area contributed by atoms with Crippen LogP contribution in [0, 0.1) is 0 Å². The van der Waals surface area contributed by atoms with Crippen LogP contribution >= 0.6 is 0 Å². The van der Waals surface area contributed by atoms with Crippen molar-refractivity contribution >= 4 is 27.2 Å². The van der Waals surface area contributed by atoms with E-state index in [0.29, 0.717) is 12.0 Å². The Morgan fingerprint density at radius 1 is 1.00 bits per heavy atom. The lowest BCUT2D eigenvalue weighted by Gasteiger charge is -2.12. The molecule has 5 nitrogen and oxygen atoms in total. The third-order valence-corrected chi connectivity index (χ3v) is 5.09. The Bertz CT molecular complexity index is 627. The van der Waals surface area contributed by atoms with Crippen LogP contribution in [-0.2, 0) is 19.4 Å². The standard InChI is InChI=1S/C14H16O5S/c1-4-13(17)11-5-7-12(8-6-11)20(18,19)14(9(2)15)10(3)16/h5-8,14H,4H2,1-3H3. The van der Waals surface area contributed by atoms with Crippen LogP contribution in [0.2, 0.25) is 0 Å². The van der Waals surface area contributed by atoms with Crippen molar-refractivity contribution in [2.45, 2.75) is 37.3 Å². The maximum atomic E-state index is 12.2. The Balaban J connectivity index is 3.26. The number of carbonyl (C=O) groups is 3. The van der Waals surface area contributed by atoms with Crippen molar-refractivity contribution in [2.24, 2.45) is 0 Å². The Kier molecular flexibility index (Phi) is 4.94. The van der Waals surface area contributed by atoms with Crippen molar-refractivity contribution in [3.05, 3.63) is 29.8 Å². The summed E-state index contributed by atoms with van der Waals surface area (Å²) in [5.74, 6) is -1.54. The molecule has 0 aromatic heterocycles. The molecule has 1 aromatic carbocycles. The fourth-order valence-electron chi connectivity index (χ4n) is 1.89. The van der Waals surface area contributed by atoms with Gasteiger partial charge in [-0.3, -0.25) is 14.4 Å². The third-order valence-electron chi connectivity index (χ3n) is 2.87.